The smallest absolute Gasteiger partial charge is 0.302 e. The van der Waals surface area contributed by atoms with Gasteiger partial charge >= 0.3 is 11.9 Å². The van der Waals surface area contributed by atoms with Crippen molar-refractivity contribution in [3.05, 3.63) is 51.6 Å². The van der Waals surface area contributed by atoms with Crippen LogP contribution in [0.15, 0.2) is 29.1 Å². The first-order valence-electron chi connectivity index (χ1n) is 5.53. The molecule has 0 atom stereocenters. The molecule has 0 unspecified atom stereocenters. The van der Waals surface area contributed by atoms with E-state index in [1.165, 1.54) is 0 Å². The molecule has 0 aliphatic carbocycles. The number of H-pyrrole nitrogens is 1. The molecule has 0 bridgehead atoms. The zero-order chi connectivity index (χ0) is 14.2. The Morgan fingerprint density at radius 2 is 1.63 bits per heavy atom. The van der Waals surface area contributed by atoms with Gasteiger partial charge in [0, 0.05) is 5.56 Å². The van der Waals surface area contributed by atoms with Gasteiger partial charge in [-0.05, 0) is 32.0 Å². The summed E-state index contributed by atoms with van der Waals surface area (Å²) >= 11 is 0. The van der Waals surface area contributed by atoms with Gasteiger partial charge in [0.2, 0.25) is 0 Å². The summed E-state index contributed by atoms with van der Waals surface area (Å²) in [7, 11) is 0. The topological polar surface area (TPSA) is 45.8 Å². The van der Waals surface area contributed by atoms with Crippen LogP contribution in [0.3, 0.4) is 0 Å². The molecule has 0 amide bonds. The third-order valence-corrected chi connectivity index (χ3v) is 2.57. The van der Waals surface area contributed by atoms with Gasteiger partial charge in [0.05, 0.1) is 5.69 Å². The predicted molar refractivity (Wildman–Crippen MR) is 64.8 cm³/mol. The van der Waals surface area contributed by atoms with E-state index in [2.05, 4.69) is 4.98 Å². The van der Waals surface area contributed by atoms with Crippen LogP contribution in [0.4, 0.5) is 13.2 Å². The van der Waals surface area contributed by atoms with Gasteiger partial charge in [0.25, 0.3) is 0 Å². The van der Waals surface area contributed by atoms with E-state index in [1.54, 1.807) is 17.1 Å². The molecule has 1 heterocycles. The number of nitrogens with zero attached hydrogens (tertiary/aromatic N) is 1. The fraction of sp³-hybridized carbons (Fsp3) is 0.231. The van der Waals surface area contributed by atoms with Crippen LogP contribution in [0.1, 0.15) is 16.8 Å². The quantitative estimate of drug-likeness (QED) is 0.863. The molecule has 6 heteroatoms. The second-order valence-electron chi connectivity index (χ2n) is 4.36. The van der Waals surface area contributed by atoms with Gasteiger partial charge in [-0.3, -0.25) is 0 Å². The van der Waals surface area contributed by atoms with E-state index in [-0.39, 0.29) is 5.69 Å². The van der Waals surface area contributed by atoms with Gasteiger partial charge in [0.15, 0.2) is 0 Å². The Hall–Kier alpha value is -2.11. The van der Waals surface area contributed by atoms with E-state index < -0.39 is 17.6 Å². The van der Waals surface area contributed by atoms with Crippen LogP contribution < -0.4 is 5.69 Å². The first-order chi connectivity index (χ1) is 8.75. The lowest BCUT2D eigenvalue weighted by atomic mass is 10.0. The number of aromatic amines is 1. The normalized spacial score (nSPS) is 11.6. The maximum Gasteiger partial charge on any atom is 0.431 e. The molecule has 0 saturated carbocycles. The molecule has 19 heavy (non-hydrogen) atoms. The summed E-state index contributed by atoms with van der Waals surface area (Å²) in [5, 5.41) is 0. The van der Waals surface area contributed by atoms with Crippen molar-refractivity contribution in [2.75, 3.05) is 0 Å². The zero-order valence-corrected chi connectivity index (χ0v) is 10.3. The summed E-state index contributed by atoms with van der Waals surface area (Å²) in [6, 6.07) is 6.11. The molecule has 0 saturated heterocycles. The number of hydrogen-bond donors (Lipinski definition) is 1. The average Bonchev–Trinajstić information content (AvgIpc) is 2.25. The summed E-state index contributed by atoms with van der Waals surface area (Å²) in [6.45, 7) is 3.66. The van der Waals surface area contributed by atoms with Crippen molar-refractivity contribution in [2.45, 2.75) is 20.0 Å². The van der Waals surface area contributed by atoms with Gasteiger partial charge in [-0.1, -0.05) is 17.2 Å². The average molecular weight is 268 g/mol. The van der Waals surface area contributed by atoms with E-state index in [0.29, 0.717) is 5.56 Å². The van der Waals surface area contributed by atoms with Crippen LogP contribution in [0, 0.1) is 13.8 Å². The van der Waals surface area contributed by atoms with Crippen LogP contribution in [-0.2, 0) is 6.18 Å². The van der Waals surface area contributed by atoms with E-state index in [9.17, 15) is 18.0 Å². The van der Waals surface area contributed by atoms with E-state index in [4.69, 9.17) is 0 Å². The lowest BCUT2D eigenvalue weighted by Crippen LogP contribution is -2.19. The highest BCUT2D eigenvalue weighted by Crippen LogP contribution is 2.29. The molecule has 1 aromatic carbocycles. The molecule has 0 aliphatic heterocycles. The van der Waals surface area contributed by atoms with Gasteiger partial charge < -0.3 is 4.98 Å². The van der Waals surface area contributed by atoms with Crippen LogP contribution in [0.25, 0.3) is 11.3 Å². The van der Waals surface area contributed by atoms with Gasteiger partial charge in [-0.2, -0.15) is 18.2 Å². The molecule has 0 spiro atoms. The summed E-state index contributed by atoms with van der Waals surface area (Å²) in [6.07, 6.45) is -4.60. The van der Waals surface area contributed by atoms with Crippen molar-refractivity contribution < 1.29 is 13.2 Å². The molecule has 100 valence electrons. The third-order valence-electron chi connectivity index (χ3n) is 2.57. The Morgan fingerprint density at radius 3 is 2.16 bits per heavy atom. The Kier molecular flexibility index (Phi) is 3.18. The van der Waals surface area contributed by atoms with Crippen molar-refractivity contribution >= 4 is 0 Å². The number of rotatable bonds is 1. The zero-order valence-electron chi connectivity index (χ0n) is 10.3. The first kappa shape index (κ1) is 13.3. The van der Waals surface area contributed by atoms with E-state index in [1.807, 2.05) is 19.9 Å². The highest BCUT2D eigenvalue weighted by molar-refractivity contribution is 5.61. The molecule has 1 aromatic heterocycles. The Balaban J connectivity index is 2.63. The van der Waals surface area contributed by atoms with Crippen LogP contribution >= 0.6 is 0 Å². The minimum Gasteiger partial charge on any atom is -0.302 e. The van der Waals surface area contributed by atoms with Gasteiger partial charge in [-0.25, -0.2) is 4.79 Å². The fourth-order valence-corrected chi connectivity index (χ4v) is 1.88. The number of aromatic nitrogens is 2. The lowest BCUT2D eigenvalue weighted by Gasteiger charge is -2.08. The van der Waals surface area contributed by atoms with Crippen LogP contribution in [0.2, 0.25) is 0 Å². The number of alkyl halides is 3. The van der Waals surface area contributed by atoms with Gasteiger partial charge in [-0.15, -0.1) is 0 Å². The minimum absolute atomic E-state index is 0.0166. The SMILES string of the molecule is Cc1cc(C)cc(-c2cc(C(F)(F)F)[nH]c(=O)n2)c1. The third kappa shape index (κ3) is 3.01. The molecule has 2 aromatic rings. The standard InChI is InChI=1S/C13H11F3N2O/c1-7-3-8(2)5-9(4-7)10-6-11(13(14,15)16)18-12(19)17-10/h3-6H,1-2H3,(H,17,18,19). The fourth-order valence-electron chi connectivity index (χ4n) is 1.88. The Morgan fingerprint density at radius 1 is 1.05 bits per heavy atom. The van der Waals surface area contributed by atoms with E-state index in [0.717, 1.165) is 17.2 Å². The van der Waals surface area contributed by atoms with Crippen molar-refractivity contribution in [3.63, 3.8) is 0 Å². The largest absolute Gasteiger partial charge is 0.431 e. The number of halogens is 3. The number of aryl methyl sites for hydroxylation is 2. The van der Waals surface area contributed by atoms with Crippen LogP contribution in [0.5, 0.6) is 0 Å². The molecular weight excluding hydrogens is 257 g/mol. The minimum atomic E-state index is -4.60. The summed E-state index contributed by atoms with van der Waals surface area (Å²) in [5.41, 5.74) is 0.193. The Bertz CT molecular complexity index is 654. The predicted octanol–water partition coefficient (Wildman–Crippen LogP) is 3.07. The van der Waals surface area contributed by atoms with Crippen molar-refractivity contribution in [1.29, 1.82) is 0 Å². The van der Waals surface area contributed by atoms with E-state index >= 15 is 0 Å². The number of hydrogen-bond acceptors (Lipinski definition) is 2. The first-order valence-corrected chi connectivity index (χ1v) is 5.53. The second kappa shape index (κ2) is 4.53. The molecule has 3 nitrogen and oxygen atoms in total. The monoisotopic (exact) mass is 268 g/mol. The summed E-state index contributed by atoms with van der Waals surface area (Å²) < 4.78 is 37.9. The molecule has 0 aliphatic rings. The Labute approximate surface area is 107 Å². The number of nitrogens with one attached hydrogen (secondary N) is 1. The summed E-state index contributed by atoms with van der Waals surface area (Å²) in [4.78, 5) is 16.5. The molecule has 1 N–H and O–H groups in total. The maximum absolute atomic E-state index is 12.6. The molecule has 0 fully saturated rings. The highest BCUT2D eigenvalue weighted by Gasteiger charge is 2.32. The van der Waals surface area contributed by atoms with Gasteiger partial charge in [0.1, 0.15) is 5.69 Å². The lowest BCUT2D eigenvalue weighted by molar-refractivity contribution is -0.141. The maximum atomic E-state index is 12.6. The van der Waals surface area contributed by atoms with Crippen molar-refractivity contribution in [2.24, 2.45) is 0 Å². The highest BCUT2D eigenvalue weighted by atomic mass is 19.4. The molecular formula is C13H11F3N2O. The van der Waals surface area contributed by atoms with Crippen molar-refractivity contribution in [1.82, 2.24) is 9.97 Å². The molecule has 2 rings (SSSR count). The second-order valence-corrected chi connectivity index (χ2v) is 4.36. The van der Waals surface area contributed by atoms with Crippen molar-refractivity contribution in [3.8, 4) is 11.3 Å². The van der Waals surface area contributed by atoms with Crippen LogP contribution in [-0.4, -0.2) is 9.97 Å². The molecule has 0 radical (unpaired) electrons. The summed E-state index contributed by atoms with van der Waals surface area (Å²) in [5.74, 6) is 0. The number of benzene rings is 1.